The maximum absolute atomic E-state index is 14.0. The molecule has 164 valence electrons. The first-order valence-corrected chi connectivity index (χ1v) is 12.4. The number of quaternary nitrogens is 1. The van der Waals surface area contributed by atoms with E-state index in [4.69, 9.17) is 0 Å². The first kappa shape index (κ1) is 21.7. The highest BCUT2D eigenvalue weighted by molar-refractivity contribution is 7.92. The molecular weight excluding hydrogens is 437 g/mol. The smallest absolute Gasteiger partial charge is 0.263 e. The average molecular weight is 463 g/mol. The Labute approximate surface area is 185 Å². The van der Waals surface area contributed by atoms with E-state index < -0.39 is 10.0 Å². The number of hydrogen-bond acceptors (Lipinski definition) is 6. The van der Waals surface area contributed by atoms with Crippen molar-refractivity contribution < 1.29 is 18.1 Å². The molecule has 0 spiro atoms. The highest BCUT2D eigenvalue weighted by atomic mass is 32.2. The van der Waals surface area contributed by atoms with Crippen molar-refractivity contribution in [1.82, 2.24) is 10.3 Å². The van der Waals surface area contributed by atoms with E-state index in [1.54, 1.807) is 41.2 Å². The predicted octanol–water partition coefficient (Wildman–Crippen LogP) is 2.72. The van der Waals surface area contributed by atoms with Crippen molar-refractivity contribution in [2.75, 3.05) is 29.8 Å². The highest BCUT2D eigenvalue weighted by Crippen LogP contribution is 2.28. The van der Waals surface area contributed by atoms with Gasteiger partial charge in [0.25, 0.3) is 10.0 Å². The van der Waals surface area contributed by atoms with Crippen molar-refractivity contribution in [1.29, 1.82) is 0 Å². The highest BCUT2D eigenvalue weighted by Gasteiger charge is 2.25. The molecule has 1 aliphatic heterocycles. The predicted molar refractivity (Wildman–Crippen MR) is 121 cm³/mol. The number of nitrogens with one attached hydrogen (secondary N) is 2. The summed E-state index contributed by atoms with van der Waals surface area (Å²) in [5.74, 6) is 0.0334. The van der Waals surface area contributed by atoms with Gasteiger partial charge in [-0.15, -0.1) is 11.3 Å². The second kappa shape index (κ2) is 8.91. The molecule has 0 radical (unpaired) electrons. The summed E-state index contributed by atoms with van der Waals surface area (Å²) in [6.07, 6.45) is 1.00. The van der Waals surface area contributed by atoms with Crippen LogP contribution in [0.1, 0.15) is 12.0 Å². The van der Waals surface area contributed by atoms with Gasteiger partial charge in [0, 0.05) is 48.3 Å². The number of nitrogens with zero attached hydrogens (tertiary/aromatic N) is 2. The van der Waals surface area contributed by atoms with Gasteiger partial charge in [0.05, 0.1) is 10.4 Å². The maximum atomic E-state index is 14.0. The zero-order valence-corrected chi connectivity index (χ0v) is 18.9. The molecule has 1 atom stereocenters. The summed E-state index contributed by atoms with van der Waals surface area (Å²) in [5, 5.41) is 6.89. The molecule has 1 aliphatic rings. The summed E-state index contributed by atoms with van der Waals surface area (Å²) in [4.78, 5) is 6.33. The second-order valence-electron chi connectivity index (χ2n) is 7.57. The molecule has 0 aliphatic carbocycles. The molecule has 1 unspecified atom stereocenters. The Morgan fingerprint density at radius 1 is 1.23 bits per heavy atom. The van der Waals surface area contributed by atoms with Crippen LogP contribution in [0.2, 0.25) is 0 Å². The van der Waals surface area contributed by atoms with Crippen LogP contribution >= 0.6 is 11.3 Å². The van der Waals surface area contributed by atoms with Gasteiger partial charge in [0.15, 0.2) is 11.5 Å². The van der Waals surface area contributed by atoms with Crippen LogP contribution in [0.4, 0.5) is 27.3 Å². The Hall–Kier alpha value is -2.53. The summed E-state index contributed by atoms with van der Waals surface area (Å²) < 4.78 is 41.8. The van der Waals surface area contributed by atoms with E-state index >= 15 is 0 Å². The number of thiazole rings is 1. The quantitative estimate of drug-likeness (QED) is 0.470. The average Bonchev–Trinajstić information content (AvgIpc) is 3.42. The number of likely N-dealkylation sites (N-methyl/N-ethyl adjacent to an activating group) is 1. The number of nitrogens with two attached hydrogens (primary N) is 1. The van der Waals surface area contributed by atoms with Crippen LogP contribution in [0.3, 0.4) is 0 Å². The molecule has 1 aromatic heterocycles. The number of aryl methyl sites for hydroxylation is 1. The van der Waals surface area contributed by atoms with E-state index in [0.29, 0.717) is 11.9 Å². The van der Waals surface area contributed by atoms with Crippen molar-refractivity contribution in [2.24, 2.45) is 0 Å². The lowest BCUT2D eigenvalue weighted by Gasteiger charge is -2.20. The third-order valence-corrected chi connectivity index (χ3v) is 7.40. The van der Waals surface area contributed by atoms with Gasteiger partial charge >= 0.3 is 0 Å². The summed E-state index contributed by atoms with van der Waals surface area (Å²) in [6.45, 7) is 3.54. The zero-order valence-electron chi connectivity index (χ0n) is 17.3. The molecular formula is C21H25FN5O2S2+. The lowest BCUT2D eigenvalue weighted by Crippen LogP contribution is -2.71. The summed E-state index contributed by atoms with van der Waals surface area (Å²) in [6, 6.07) is 10.2. The van der Waals surface area contributed by atoms with Gasteiger partial charge in [-0.25, -0.2) is 17.8 Å². The van der Waals surface area contributed by atoms with Gasteiger partial charge in [0.2, 0.25) is 0 Å². The number of sulfonamides is 1. The summed E-state index contributed by atoms with van der Waals surface area (Å²) >= 11 is 1.32. The van der Waals surface area contributed by atoms with Crippen LogP contribution in [0.5, 0.6) is 0 Å². The largest absolute Gasteiger partial charge is 0.365 e. The minimum Gasteiger partial charge on any atom is -0.365 e. The third kappa shape index (κ3) is 4.87. The number of rotatable bonds is 7. The van der Waals surface area contributed by atoms with Crippen LogP contribution in [-0.2, 0) is 10.0 Å². The molecule has 1 saturated heterocycles. The first-order valence-electron chi connectivity index (χ1n) is 9.94. The van der Waals surface area contributed by atoms with Crippen molar-refractivity contribution in [2.45, 2.75) is 24.3 Å². The van der Waals surface area contributed by atoms with Gasteiger partial charge in [-0.05, 0) is 38.6 Å². The number of benzene rings is 2. The second-order valence-corrected chi connectivity index (χ2v) is 9.97. The summed E-state index contributed by atoms with van der Waals surface area (Å²) in [5.41, 5.74) is 5.01. The number of halogens is 1. The van der Waals surface area contributed by atoms with Crippen molar-refractivity contribution in [3.8, 4) is 0 Å². The van der Waals surface area contributed by atoms with E-state index in [9.17, 15) is 12.8 Å². The SMILES string of the molecule is CNC1CCN(c2cc(F)ccc2[NH2+]c2ccc(S(=O)(=O)Nc3cscn3)cc2C)C1. The van der Waals surface area contributed by atoms with E-state index in [1.807, 2.05) is 19.3 Å². The minimum absolute atomic E-state index is 0.172. The molecule has 2 heterocycles. The molecule has 10 heteroatoms. The fourth-order valence-electron chi connectivity index (χ4n) is 3.73. The fraction of sp³-hybridized carbons (Fsp3) is 0.286. The van der Waals surface area contributed by atoms with E-state index in [1.165, 1.54) is 17.4 Å². The van der Waals surface area contributed by atoms with Crippen LogP contribution in [0.25, 0.3) is 0 Å². The Morgan fingerprint density at radius 2 is 2.03 bits per heavy atom. The Morgan fingerprint density at radius 3 is 2.71 bits per heavy atom. The lowest BCUT2D eigenvalue weighted by molar-refractivity contribution is -0.478. The molecule has 0 saturated carbocycles. The van der Waals surface area contributed by atoms with Gasteiger partial charge in [-0.1, -0.05) is 0 Å². The monoisotopic (exact) mass is 462 g/mol. The zero-order chi connectivity index (χ0) is 22.0. The first-order chi connectivity index (χ1) is 14.9. The van der Waals surface area contributed by atoms with Crippen LogP contribution in [0, 0.1) is 12.7 Å². The Kier molecular flexibility index (Phi) is 6.24. The molecule has 2 aromatic carbocycles. The fourth-order valence-corrected chi connectivity index (χ4v) is 5.37. The minimum atomic E-state index is -3.72. The third-order valence-electron chi connectivity index (χ3n) is 5.46. The van der Waals surface area contributed by atoms with Gasteiger partial charge in [0.1, 0.15) is 17.2 Å². The van der Waals surface area contributed by atoms with Crippen molar-refractivity contribution in [3.63, 3.8) is 0 Å². The number of anilines is 2. The standard InChI is InChI=1S/C21H24FN5O2S2/c1-14-9-17(31(28,29)26-21-12-30-13-24-21)4-6-18(14)25-19-5-3-15(22)10-20(19)27-8-7-16(11-27)23-2/h3-6,9-10,12-13,16,23,25-26H,7-8,11H2,1-2H3/p+1. The van der Waals surface area contributed by atoms with Crippen LogP contribution in [-0.4, -0.2) is 39.6 Å². The molecule has 4 N–H and O–H groups in total. The maximum Gasteiger partial charge on any atom is 0.263 e. The molecule has 1 fully saturated rings. The topological polar surface area (TPSA) is 90.9 Å². The Balaban J connectivity index is 1.58. The lowest BCUT2D eigenvalue weighted by atomic mass is 10.1. The van der Waals surface area contributed by atoms with Crippen molar-refractivity contribution >= 4 is 44.2 Å². The molecule has 31 heavy (non-hydrogen) atoms. The van der Waals surface area contributed by atoms with E-state index in [0.717, 1.165) is 42.1 Å². The molecule has 7 nitrogen and oxygen atoms in total. The van der Waals surface area contributed by atoms with E-state index in [-0.39, 0.29) is 10.7 Å². The van der Waals surface area contributed by atoms with Crippen LogP contribution < -0.4 is 20.3 Å². The molecule has 0 amide bonds. The number of hydrogen-bond donors (Lipinski definition) is 3. The molecule has 0 bridgehead atoms. The number of aromatic nitrogens is 1. The van der Waals surface area contributed by atoms with Crippen molar-refractivity contribution in [3.05, 3.63) is 58.7 Å². The van der Waals surface area contributed by atoms with E-state index in [2.05, 4.69) is 19.9 Å². The normalized spacial score (nSPS) is 16.6. The van der Waals surface area contributed by atoms with Crippen LogP contribution in [0.15, 0.2) is 52.2 Å². The molecule has 3 aromatic rings. The van der Waals surface area contributed by atoms with Gasteiger partial charge < -0.3 is 10.2 Å². The Bertz CT molecular complexity index is 1170. The van der Waals surface area contributed by atoms with Gasteiger partial charge in [-0.3, -0.25) is 10.0 Å². The van der Waals surface area contributed by atoms with Gasteiger partial charge in [-0.2, -0.15) is 0 Å². The molecule has 4 rings (SSSR count). The summed E-state index contributed by atoms with van der Waals surface area (Å²) in [7, 11) is -1.78.